The van der Waals surface area contributed by atoms with E-state index in [2.05, 4.69) is 54.3 Å². The smallest absolute Gasteiger partial charge is 0.130 e. The minimum absolute atomic E-state index is 0.796. The van der Waals surface area contributed by atoms with E-state index in [9.17, 15) is 0 Å². The maximum Gasteiger partial charge on any atom is 0.130 e. The van der Waals surface area contributed by atoms with Crippen LogP contribution in [0.25, 0.3) is 0 Å². The number of nitrogen functional groups attached to an aromatic ring is 1. The van der Waals surface area contributed by atoms with Gasteiger partial charge in [-0.25, -0.2) is 9.98 Å². The molecule has 0 fully saturated rings. The minimum Gasteiger partial charge on any atom is -0.399 e. The molecule has 1 rings (SSSR count). The van der Waals surface area contributed by atoms with Gasteiger partial charge in [0.1, 0.15) is 11.7 Å². The maximum absolute atomic E-state index is 5.96. The number of rotatable bonds is 10. The summed E-state index contributed by atoms with van der Waals surface area (Å²) >= 11 is 0. The monoisotopic (exact) mass is 394 g/mol. The number of aliphatic imine (C=N–C) groups is 2. The van der Waals surface area contributed by atoms with Crippen LogP contribution in [0.2, 0.25) is 0 Å². The van der Waals surface area contributed by atoms with Gasteiger partial charge >= 0.3 is 0 Å². The number of nitrogens with two attached hydrogens (primary N) is 1. The first-order valence-corrected chi connectivity index (χ1v) is 10.7. The van der Waals surface area contributed by atoms with Gasteiger partial charge in [0.15, 0.2) is 0 Å². The number of anilines is 1. The Hall–Kier alpha value is -2.62. The van der Waals surface area contributed by atoms with Crippen molar-refractivity contribution < 1.29 is 0 Å². The van der Waals surface area contributed by atoms with Gasteiger partial charge in [0.25, 0.3) is 0 Å². The van der Waals surface area contributed by atoms with E-state index in [1.807, 2.05) is 38.3 Å². The lowest BCUT2D eigenvalue weighted by molar-refractivity contribution is 0.746. The van der Waals surface area contributed by atoms with Gasteiger partial charge in [0, 0.05) is 18.1 Å². The fraction of sp³-hybridized carbons (Fsp3) is 0.440. The molecule has 3 N–H and O–H groups in total. The normalized spacial score (nSPS) is 13.6. The van der Waals surface area contributed by atoms with Gasteiger partial charge in [0.05, 0.1) is 0 Å². The van der Waals surface area contributed by atoms with Crippen LogP contribution < -0.4 is 11.1 Å². The van der Waals surface area contributed by atoms with Crippen LogP contribution in [0, 0.1) is 6.92 Å². The van der Waals surface area contributed by atoms with Crippen LogP contribution >= 0.6 is 0 Å². The lowest BCUT2D eigenvalue weighted by atomic mass is 9.98. The third-order valence-electron chi connectivity index (χ3n) is 4.56. The van der Waals surface area contributed by atoms with Crippen molar-refractivity contribution in [3.63, 3.8) is 0 Å². The first-order chi connectivity index (χ1) is 14.0. The third kappa shape index (κ3) is 10.5. The number of allylic oxidation sites excluding steroid dienone is 3. The maximum atomic E-state index is 5.96. The Morgan fingerprint density at radius 2 is 1.97 bits per heavy atom. The van der Waals surface area contributed by atoms with Crippen LogP contribution in [-0.2, 0) is 6.42 Å². The van der Waals surface area contributed by atoms with Gasteiger partial charge in [-0.05, 0) is 82.2 Å². The Morgan fingerprint density at radius 1 is 1.17 bits per heavy atom. The van der Waals surface area contributed by atoms with Crippen molar-refractivity contribution >= 4 is 17.4 Å². The van der Waals surface area contributed by atoms with Crippen LogP contribution in [0.4, 0.5) is 5.69 Å². The minimum atomic E-state index is 0.796. The van der Waals surface area contributed by atoms with Gasteiger partial charge in [-0.2, -0.15) is 0 Å². The fourth-order valence-electron chi connectivity index (χ4n) is 2.82. The highest BCUT2D eigenvalue weighted by Crippen LogP contribution is 2.19. The molecule has 1 aromatic carbocycles. The molecule has 0 atom stereocenters. The van der Waals surface area contributed by atoms with Crippen LogP contribution in [0.15, 0.2) is 64.4 Å². The average Bonchev–Trinajstić information content (AvgIpc) is 2.71. The van der Waals surface area contributed by atoms with Crippen LogP contribution in [0.1, 0.15) is 70.9 Å². The van der Waals surface area contributed by atoms with Crippen LogP contribution in [-0.4, -0.2) is 11.7 Å². The quantitative estimate of drug-likeness (QED) is 0.271. The highest BCUT2D eigenvalue weighted by molar-refractivity contribution is 6.05. The third-order valence-corrected chi connectivity index (χ3v) is 4.56. The van der Waals surface area contributed by atoms with E-state index in [1.165, 1.54) is 29.5 Å². The molecular formula is C25H38N4. The molecule has 29 heavy (non-hydrogen) atoms. The number of nitrogens with one attached hydrogen (secondary N) is 1. The van der Waals surface area contributed by atoms with Crippen molar-refractivity contribution in [2.45, 2.75) is 73.1 Å². The number of aryl methyl sites for hydroxylation is 2. The highest BCUT2D eigenvalue weighted by atomic mass is 15.0. The van der Waals surface area contributed by atoms with Crippen LogP contribution in [0.5, 0.6) is 0 Å². The van der Waals surface area contributed by atoms with E-state index in [-0.39, 0.29) is 0 Å². The first-order valence-electron chi connectivity index (χ1n) is 10.7. The standard InChI is InChI=1S/C25H38N4/c1-6-9-11-22(14-15-23-18-24(26)16-13-20(23)4)19-28-21(5)29-25(12-10-7-2)27-17-8-3/h8,10,12-13,16-19H,6-7,9,11,14-15,26H2,1-5H3,(H,27,28,29)/b12-10+,17-8-,22-19+. The Kier molecular flexibility index (Phi) is 12.1. The molecule has 0 saturated heterocycles. The summed E-state index contributed by atoms with van der Waals surface area (Å²) in [5.74, 6) is 1.63. The highest BCUT2D eigenvalue weighted by Gasteiger charge is 2.03. The fourth-order valence-corrected chi connectivity index (χ4v) is 2.82. The van der Waals surface area contributed by atoms with Gasteiger partial charge in [0.2, 0.25) is 0 Å². The average molecular weight is 395 g/mol. The molecule has 0 heterocycles. The van der Waals surface area contributed by atoms with E-state index in [0.717, 1.165) is 43.0 Å². The Balaban J connectivity index is 2.89. The predicted molar refractivity (Wildman–Crippen MR) is 129 cm³/mol. The molecule has 158 valence electrons. The number of hydrogen-bond donors (Lipinski definition) is 2. The Morgan fingerprint density at radius 3 is 2.66 bits per heavy atom. The van der Waals surface area contributed by atoms with E-state index in [4.69, 9.17) is 5.73 Å². The molecule has 0 bridgehead atoms. The summed E-state index contributed by atoms with van der Waals surface area (Å²) in [6, 6.07) is 6.15. The number of unbranched alkanes of at least 4 members (excludes halogenated alkanes) is 1. The van der Waals surface area contributed by atoms with Crippen molar-refractivity contribution in [2.24, 2.45) is 9.98 Å². The molecule has 4 nitrogen and oxygen atoms in total. The zero-order valence-corrected chi connectivity index (χ0v) is 18.8. The molecule has 0 aliphatic carbocycles. The zero-order valence-electron chi connectivity index (χ0n) is 18.8. The van der Waals surface area contributed by atoms with E-state index in [0.29, 0.717) is 0 Å². The molecule has 0 unspecified atom stereocenters. The van der Waals surface area contributed by atoms with E-state index < -0.39 is 0 Å². The first kappa shape index (κ1) is 24.4. The van der Waals surface area contributed by atoms with E-state index in [1.54, 1.807) is 6.20 Å². The van der Waals surface area contributed by atoms with Gasteiger partial charge in [-0.3, -0.25) is 0 Å². The molecule has 0 aromatic heterocycles. The molecule has 0 aliphatic rings. The zero-order chi connectivity index (χ0) is 21.5. The second-order valence-corrected chi connectivity index (χ2v) is 7.22. The Labute approximate surface area is 177 Å². The van der Waals surface area contributed by atoms with Gasteiger partial charge in [-0.1, -0.05) is 44.1 Å². The second kappa shape index (κ2) is 14.4. The molecule has 0 amide bonds. The topological polar surface area (TPSA) is 62.8 Å². The van der Waals surface area contributed by atoms with Crippen LogP contribution in [0.3, 0.4) is 0 Å². The van der Waals surface area contributed by atoms with Crippen molar-refractivity contribution in [1.82, 2.24) is 5.32 Å². The lowest BCUT2D eigenvalue weighted by Gasteiger charge is -2.10. The summed E-state index contributed by atoms with van der Waals surface area (Å²) in [5, 5.41) is 3.29. The van der Waals surface area contributed by atoms with Crippen molar-refractivity contribution in [2.75, 3.05) is 5.73 Å². The number of amidine groups is 2. The lowest BCUT2D eigenvalue weighted by Crippen LogP contribution is -2.26. The summed E-state index contributed by atoms with van der Waals surface area (Å²) < 4.78 is 0. The molecule has 0 radical (unpaired) electrons. The molecular weight excluding hydrogens is 356 g/mol. The van der Waals surface area contributed by atoms with Crippen molar-refractivity contribution in [1.29, 1.82) is 0 Å². The summed E-state index contributed by atoms with van der Waals surface area (Å²) in [4.78, 5) is 9.08. The molecule has 0 saturated carbocycles. The second-order valence-electron chi connectivity index (χ2n) is 7.22. The van der Waals surface area contributed by atoms with E-state index >= 15 is 0 Å². The summed E-state index contributed by atoms with van der Waals surface area (Å²) in [6.45, 7) is 10.4. The van der Waals surface area contributed by atoms with Crippen molar-refractivity contribution in [3.05, 3.63) is 65.5 Å². The van der Waals surface area contributed by atoms with Gasteiger partial charge < -0.3 is 11.1 Å². The number of benzene rings is 1. The SMILES string of the molecule is C\C=C/N=C(\C=C\CC)NC(C)=N/C=C(\CCCC)CCc1cc(N)ccc1C. The Bertz CT molecular complexity index is 767. The molecule has 0 aliphatic heterocycles. The van der Waals surface area contributed by atoms with Gasteiger partial charge in [-0.15, -0.1) is 0 Å². The number of hydrogen-bond acceptors (Lipinski definition) is 3. The largest absolute Gasteiger partial charge is 0.399 e. The summed E-state index contributed by atoms with van der Waals surface area (Å²) in [6.07, 6.45) is 16.2. The predicted octanol–water partition coefficient (Wildman–Crippen LogP) is 6.49. The molecule has 4 heteroatoms. The van der Waals surface area contributed by atoms with Crippen molar-refractivity contribution in [3.8, 4) is 0 Å². The summed E-state index contributed by atoms with van der Waals surface area (Å²) in [5.41, 5.74) is 10.8. The molecule has 1 aromatic rings. The summed E-state index contributed by atoms with van der Waals surface area (Å²) in [7, 11) is 0. The number of nitrogens with zero attached hydrogens (tertiary/aromatic N) is 2. The molecule has 0 spiro atoms.